The van der Waals surface area contributed by atoms with Gasteiger partial charge in [0, 0.05) is 33.8 Å². The lowest BCUT2D eigenvalue weighted by molar-refractivity contribution is -0.127. The van der Waals surface area contributed by atoms with Gasteiger partial charge in [-0.25, -0.2) is 4.99 Å². The molecule has 0 aromatic carbocycles. The van der Waals surface area contributed by atoms with E-state index < -0.39 is 0 Å². The summed E-state index contributed by atoms with van der Waals surface area (Å²) in [4.78, 5) is 20.4. The third-order valence-electron chi connectivity index (χ3n) is 5.31. The van der Waals surface area contributed by atoms with E-state index in [1.165, 1.54) is 12.8 Å². The van der Waals surface area contributed by atoms with Gasteiger partial charge in [-0.3, -0.25) is 9.69 Å². The molecule has 8 heteroatoms. The highest BCUT2D eigenvalue weighted by atomic mass is 16.5. The number of nitrogens with zero attached hydrogens (tertiary/aromatic N) is 3. The van der Waals surface area contributed by atoms with Gasteiger partial charge in [-0.15, -0.1) is 0 Å². The van der Waals surface area contributed by atoms with E-state index in [1.807, 2.05) is 12.1 Å². The second-order valence-electron chi connectivity index (χ2n) is 7.62. The fraction of sp³-hybridized carbons (Fsp3) is 0.700. The number of aliphatic imine (C=N–C) groups is 1. The van der Waals surface area contributed by atoms with Gasteiger partial charge in [0.05, 0.1) is 18.4 Å². The van der Waals surface area contributed by atoms with Gasteiger partial charge in [0.25, 0.3) is 0 Å². The fourth-order valence-corrected chi connectivity index (χ4v) is 3.62. The number of likely N-dealkylation sites (N-methyl/N-ethyl adjacent to an activating group) is 1. The van der Waals surface area contributed by atoms with Crippen molar-refractivity contribution >= 4 is 11.9 Å². The zero-order valence-corrected chi connectivity index (χ0v) is 17.0. The molecule has 0 aliphatic carbocycles. The maximum Gasteiger partial charge on any atom is 0.243 e. The Kier molecular flexibility index (Phi) is 7.73. The smallest absolute Gasteiger partial charge is 0.243 e. The van der Waals surface area contributed by atoms with Gasteiger partial charge in [-0.1, -0.05) is 0 Å². The van der Waals surface area contributed by atoms with Gasteiger partial charge in [0.15, 0.2) is 5.96 Å². The van der Waals surface area contributed by atoms with Crippen molar-refractivity contribution in [1.29, 1.82) is 0 Å². The molecule has 8 nitrogen and oxygen atoms in total. The molecule has 2 unspecified atom stereocenters. The van der Waals surface area contributed by atoms with E-state index in [2.05, 4.69) is 20.5 Å². The number of carbonyl (C=O) groups is 1. The predicted octanol–water partition coefficient (Wildman–Crippen LogP) is 1.22. The van der Waals surface area contributed by atoms with E-state index in [9.17, 15) is 4.79 Å². The molecular formula is C20H33N5O3. The number of rotatable bonds is 8. The number of hydrogen-bond donors (Lipinski definition) is 2. The zero-order chi connectivity index (χ0) is 19.8. The Labute approximate surface area is 167 Å². The summed E-state index contributed by atoms with van der Waals surface area (Å²) in [6.45, 7) is 4.44. The average Bonchev–Trinajstić information content (AvgIpc) is 3.46. The molecule has 2 fully saturated rings. The van der Waals surface area contributed by atoms with Crippen LogP contribution in [0.1, 0.15) is 37.5 Å². The normalized spacial score (nSPS) is 21.6. The van der Waals surface area contributed by atoms with Gasteiger partial charge >= 0.3 is 0 Å². The topological polar surface area (TPSA) is 82.3 Å². The van der Waals surface area contributed by atoms with Gasteiger partial charge in [0.1, 0.15) is 12.3 Å². The first-order valence-corrected chi connectivity index (χ1v) is 10.2. The standard InChI is InChI=1S/C20H33N5O3/c1-24(2)19(26)15-23-20(21-13-16-7-5-11-27-16)22-14-17(18-8-6-12-28-18)25-9-3-4-10-25/h6,8,12,16-17H,3-5,7,9-11,13-15H2,1-2H3,(H2,21,22,23). The van der Waals surface area contributed by atoms with Gasteiger partial charge in [-0.05, 0) is 50.9 Å². The molecule has 0 bridgehead atoms. The number of amides is 1. The molecule has 0 saturated carbocycles. The van der Waals surface area contributed by atoms with E-state index in [1.54, 1.807) is 25.3 Å². The molecule has 2 N–H and O–H groups in total. The summed E-state index contributed by atoms with van der Waals surface area (Å²) >= 11 is 0. The molecule has 2 aliphatic heterocycles. The Hall–Kier alpha value is -2.06. The minimum Gasteiger partial charge on any atom is -0.468 e. The summed E-state index contributed by atoms with van der Waals surface area (Å²) in [7, 11) is 3.48. The van der Waals surface area contributed by atoms with E-state index in [0.717, 1.165) is 38.3 Å². The van der Waals surface area contributed by atoms with Crippen LogP contribution >= 0.6 is 0 Å². The quantitative estimate of drug-likeness (QED) is 0.512. The first-order valence-electron chi connectivity index (χ1n) is 10.2. The molecule has 1 aromatic rings. The van der Waals surface area contributed by atoms with Crippen molar-refractivity contribution in [3.05, 3.63) is 24.2 Å². The lowest BCUT2D eigenvalue weighted by atomic mass is 10.2. The number of furan rings is 1. The molecule has 1 amide bonds. The van der Waals surface area contributed by atoms with Crippen molar-refractivity contribution in [3.8, 4) is 0 Å². The van der Waals surface area contributed by atoms with Crippen molar-refractivity contribution in [3.63, 3.8) is 0 Å². The van der Waals surface area contributed by atoms with Crippen molar-refractivity contribution in [2.24, 2.45) is 4.99 Å². The van der Waals surface area contributed by atoms with Crippen LogP contribution in [0.4, 0.5) is 0 Å². The fourth-order valence-electron chi connectivity index (χ4n) is 3.62. The minimum absolute atomic E-state index is 0.0275. The predicted molar refractivity (Wildman–Crippen MR) is 108 cm³/mol. The minimum atomic E-state index is -0.0275. The molecule has 2 atom stereocenters. The lowest BCUT2D eigenvalue weighted by Gasteiger charge is -2.27. The molecule has 3 rings (SSSR count). The second-order valence-corrected chi connectivity index (χ2v) is 7.62. The van der Waals surface area contributed by atoms with E-state index >= 15 is 0 Å². The molecular weight excluding hydrogens is 358 g/mol. The number of carbonyl (C=O) groups excluding carboxylic acids is 1. The summed E-state index contributed by atoms with van der Waals surface area (Å²) < 4.78 is 11.4. The molecule has 28 heavy (non-hydrogen) atoms. The Balaban J connectivity index is 1.62. The van der Waals surface area contributed by atoms with Crippen molar-refractivity contribution < 1.29 is 13.9 Å². The van der Waals surface area contributed by atoms with E-state index in [0.29, 0.717) is 19.0 Å². The number of nitrogens with one attached hydrogen (secondary N) is 2. The SMILES string of the molecule is CN(C)C(=O)CN=C(NCC1CCCO1)NCC(c1ccco1)N1CCCC1. The first kappa shape index (κ1) is 20.7. The third-order valence-corrected chi connectivity index (χ3v) is 5.31. The number of likely N-dealkylation sites (tertiary alicyclic amines) is 1. The summed E-state index contributed by atoms with van der Waals surface area (Å²) in [6, 6.07) is 4.10. The maximum absolute atomic E-state index is 12.0. The van der Waals surface area contributed by atoms with Gasteiger partial charge in [-0.2, -0.15) is 0 Å². The largest absolute Gasteiger partial charge is 0.468 e. The molecule has 3 heterocycles. The number of hydrogen-bond acceptors (Lipinski definition) is 5. The average molecular weight is 392 g/mol. The summed E-state index contributed by atoms with van der Waals surface area (Å²) in [6.07, 6.45) is 6.51. The number of ether oxygens (including phenoxy) is 1. The van der Waals surface area contributed by atoms with Crippen LogP contribution in [0.25, 0.3) is 0 Å². The monoisotopic (exact) mass is 391 g/mol. The molecule has 2 aliphatic rings. The Morgan fingerprint density at radius 3 is 2.79 bits per heavy atom. The molecule has 1 aromatic heterocycles. The molecule has 156 valence electrons. The maximum atomic E-state index is 12.0. The highest BCUT2D eigenvalue weighted by Gasteiger charge is 2.26. The van der Waals surface area contributed by atoms with Crippen LogP contribution in [-0.4, -0.2) is 81.2 Å². The van der Waals surface area contributed by atoms with Crippen molar-refractivity contribution in [2.45, 2.75) is 37.8 Å². The Morgan fingerprint density at radius 1 is 1.32 bits per heavy atom. The van der Waals surface area contributed by atoms with Crippen molar-refractivity contribution in [1.82, 2.24) is 20.4 Å². The van der Waals surface area contributed by atoms with E-state index in [-0.39, 0.29) is 24.6 Å². The molecule has 0 radical (unpaired) electrons. The Bertz CT molecular complexity index is 620. The van der Waals surface area contributed by atoms with Gasteiger partial charge in [0.2, 0.25) is 5.91 Å². The molecule has 2 saturated heterocycles. The second kappa shape index (κ2) is 10.5. The van der Waals surface area contributed by atoms with Crippen molar-refractivity contribution in [2.75, 3.05) is 53.4 Å². The highest BCUT2D eigenvalue weighted by molar-refractivity contribution is 5.84. The van der Waals surface area contributed by atoms with Crippen LogP contribution in [0, 0.1) is 0 Å². The summed E-state index contributed by atoms with van der Waals surface area (Å²) in [5, 5.41) is 6.76. The third kappa shape index (κ3) is 5.97. The van der Waals surface area contributed by atoms with Crippen LogP contribution in [0.5, 0.6) is 0 Å². The summed E-state index contributed by atoms with van der Waals surface area (Å²) in [5.41, 5.74) is 0. The summed E-state index contributed by atoms with van der Waals surface area (Å²) in [5.74, 6) is 1.57. The van der Waals surface area contributed by atoms with Crippen LogP contribution < -0.4 is 10.6 Å². The molecule has 0 spiro atoms. The lowest BCUT2D eigenvalue weighted by Crippen LogP contribution is -2.45. The zero-order valence-electron chi connectivity index (χ0n) is 17.0. The van der Waals surface area contributed by atoms with Crippen LogP contribution in [0.2, 0.25) is 0 Å². The first-order chi connectivity index (χ1) is 13.6. The van der Waals surface area contributed by atoms with Crippen LogP contribution in [-0.2, 0) is 9.53 Å². The van der Waals surface area contributed by atoms with Crippen LogP contribution in [0.15, 0.2) is 27.8 Å². The highest BCUT2D eigenvalue weighted by Crippen LogP contribution is 2.24. The van der Waals surface area contributed by atoms with Crippen LogP contribution in [0.3, 0.4) is 0 Å². The van der Waals surface area contributed by atoms with E-state index in [4.69, 9.17) is 9.15 Å². The number of guanidine groups is 1. The van der Waals surface area contributed by atoms with Gasteiger partial charge < -0.3 is 24.7 Å². The Morgan fingerprint density at radius 2 is 2.14 bits per heavy atom.